The van der Waals surface area contributed by atoms with E-state index >= 15 is 0 Å². The highest BCUT2D eigenvalue weighted by Gasteiger charge is 2.24. The van der Waals surface area contributed by atoms with Crippen molar-refractivity contribution in [1.29, 1.82) is 0 Å². The Hall–Kier alpha value is -2.62. The Labute approximate surface area is 191 Å². The number of nitrogens with one attached hydrogen (secondary N) is 4. The van der Waals surface area contributed by atoms with Crippen LogP contribution in [0.4, 0.5) is 10.1 Å². The number of H-pyrrole nitrogens is 1. The molecule has 1 aliphatic rings. The number of carbonyl (C=O) groups excluding carboxylic acids is 1. The minimum absolute atomic E-state index is 0. The number of aromatic nitrogens is 1. The number of aromatic amines is 1. The van der Waals surface area contributed by atoms with Gasteiger partial charge in [-0.05, 0) is 41.8 Å². The molecule has 1 aliphatic heterocycles. The van der Waals surface area contributed by atoms with Crippen LogP contribution in [0.2, 0.25) is 0 Å². The number of amides is 1. The summed E-state index contributed by atoms with van der Waals surface area (Å²) in [6, 6.07) is 12.7. The zero-order valence-electron chi connectivity index (χ0n) is 16.7. The molecule has 1 amide bonds. The van der Waals surface area contributed by atoms with Crippen molar-refractivity contribution >= 4 is 52.4 Å². The molecule has 0 spiro atoms. The third-order valence-corrected chi connectivity index (χ3v) is 5.26. The van der Waals surface area contributed by atoms with Crippen LogP contribution in [-0.4, -0.2) is 37.0 Å². The van der Waals surface area contributed by atoms with Gasteiger partial charge in [0.15, 0.2) is 5.96 Å². The van der Waals surface area contributed by atoms with Gasteiger partial charge in [0.05, 0.1) is 0 Å². The average Bonchev–Trinajstić information content (AvgIpc) is 3.12. The Bertz CT molecular complexity index is 1060. The second kappa shape index (κ2) is 9.92. The van der Waals surface area contributed by atoms with Gasteiger partial charge in [0.25, 0.3) is 0 Å². The van der Waals surface area contributed by atoms with Gasteiger partial charge in [-0.25, -0.2) is 4.39 Å². The Morgan fingerprint density at radius 2 is 2.07 bits per heavy atom. The highest BCUT2D eigenvalue weighted by atomic mass is 127. The zero-order chi connectivity index (χ0) is 20.2. The molecule has 0 bridgehead atoms. The SMILES string of the molecule is CN=C(NCCc1c[nH]c2cc(F)ccc12)NCC1CC(=O)Nc2ccccc21.I. The number of anilines is 1. The maximum absolute atomic E-state index is 13.3. The third-order valence-electron chi connectivity index (χ3n) is 5.26. The van der Waals surface area contributed by atoms with Crippen molar-refractivity contribution in [3.05, 3.63) is 65.6 Å². The van der Waals surface area contributed by atoms with Gasteiger partial charge in [-0.1, -0.05) is 18.2 Å². The lowest BCUT2D eigenvalue weighted by molar-refractivity contribution is -0.116. The third kappa shape index (κ3) is 4.92. The molecular weight excluding hydrogens is 496 g/mol. The van der Waals surface area contributed by atoms with Crippen LogP contribution in [0.5, 0.6) is 0 Å². The number of nitrogens with zero attached hydrogens (tertiary/aromatic N) is 1. The molecule has 3 aromatic rings. The van der Waals surface area contributed by atoms with E-state index in [9.17, 15) is 9.18 Å². The lowest BCUT2D eigenvalue weighted by Crippen LogP contribution is -2.41. The van der Waals surface area contributed by atoms with Crippen molar-refractivity contribution in [2.75, 3.05) is 25.5 Å². The second-order valence-corrected chi connectivity index (χ2v) is 7.17. The van der Waals surface area contributed by atoms with E-state index in [0.29, 0.717) is 25.5 Å². The van der Waals surface area contributed by atoms with Crippen LogP contribution in [0.25, 0.3) is 10.9 Å². The van der Waals surface area contributed by atoms with Gasteiger partial charge >= 0.3 is 0 Å². The van der Waals surface area contributed by atoms with E-state index in [0.717, 1.165) is 34.1 Å². The maximum Gasteiger partial charge on any atom is 0.225 e. The molecule has 2 aromatic carbocycles. The van der Waals surface area contributed by atoms with Gasteiger partial charge in [-0.3, -0.25) is 9.79 Å². The van der Waals surface area contributed by atoms with Crippen molar-refractivity contribution < 1.29 is 9.18 Å². The standard InChI is InChI=1S/C22H24FN5O.HI/c1-24-22(25-9-8-14-12-26-20-11-16(23)6-7-18(14)20)27-13-15-10-21(29)28-19-5-3-2-4-17(15)19;/h2-7,11-12,15,26H,8-10,13H2,1H3,(H,28,29)(H2,24,25,27);1H. The van der Waals surface area contributed by atoms with E-state index in [1.54, 1.807) is 13.1 Å². The summed E-state index contributed by atoms with van der Waals surface area (Å²) >= 11 is 0. The number of halogens is 2. The normalized spacial score (nSPS) is 15.9. The van der Waals surface area contributed by atoms with E-state index in [1.807, 2.05) is 24.4 Å². The first kappa shape index (κ1) is 22.1. The first-order valence-corrected chi connectivity index (χ1v) is 9.73. The van der Waals surface area contributed by atoms with Crippen molar-refractivity contribution in [3.63, 3.8) is 0 Å². The maximum atomic E-state index is 13.3. The molecule has 158 valence electrons. The number of aliphatic imine (C=N–C) groups is 1. The highest BCUT2D eigenvalue weighted by Crippen LogP contribution is 2.31. The fourth-order valence-electron chi connectivity index (χ4n) is 3.81. The van der Waals surface area contributed by atoms with Crippen LogP contribution in [0, 0.1) is 5.82 Å². The molecule has 8 heteroatoms. The predicted molar refractivity (Wildman–Crippen MR) is 129 cm³/mol. The number of rotatable bonds is 5. The summed E-state index contributed by atoms with van der Waals surface area (Å²) in [4.78, 5) is 19.4. The van der Waals surface area contributed by atoms with E-state index < -0.39 is 0 Å². The summed E-state index contributed by atoms with van der Waals surface area (Å²) in [6.07, 6.45) is 3.15. The fraction of sp³-hybridized carbons (Fsp3) is 0.273. The summed E-state index contributed by atoms with van der Waals surface area (Å²) in [6.45, 7) is 1.31. The van der Waals surface area contributed by atoms with Crippen molar-refractivity contribution in [2.45, 2.75) is 18.8 Å². The van der Waals surface area contributed by atoms with Gasteiger partial charge < -0.3 is 20.9 Å². The number of carbonyl (C=O) groups is 1. The van der Waals surface area contributed by atoms with E-state index in [4.69, 9.17) is 0 Å². The van der Waals surface area contributed by atoms with Gasteiger partial charge in [0.1, 0.15) is 5.82 Å². The van der Waals surface area contributed by atoms with E-state index in [2.05, 4.69) is 32.0 Å². The van der Waals surface area contributed by atoms with Crippen LogP contribution < -0.4 is 16.0 Å². The zero-order valence-corrected chi connectivity index (χ0v) is 19.0. The van der Waals surface area contributed by atoms with Gasteiger partial charge in [0, 0.05) is 55.3 Å². The first-order valence-electron chi connectivity index (χ1n) is 9.73. The van der Waals surface area contributed by atoms with Crippen LogP contribution in [-0.2, 0) is 11.2 Å². The molecule has 4 rings (SSSR count). The molecule has 1 aromatic heterocycles. The molecular formula is C22H25FIN5O. The first-order chi connectivity index (χ1) is 14.1. The molecule has 2 heterocycles. The van der Waals surface area contributed by atoms with E-state index in [1.165, 1.54) is 12.1 Å². The number of fused-ring (bicyclic) bond motifs is 2. The molecule has 0 saturated carbocycles. The Morgan fingerprint density at radius 1 is 1.23 bits per heavy atom. The lowest BCUT2D eigenvalue weighted by atomic mass is 9.90. The summed E-state index contributed by atoms with van der Waals surface area (Å²) in [7, 11) is 1.73. The van der Waals surface area contributed by atoms with Gasteiger partial charge in [0.2, 0.25) is 5.91 Å². The molecule has 1 atom stereocenters. The number of hydrogen-bond donors (Lipinski definition) is 4. The average molecular weight is 521 g/mol. The van der Waals surface area contributed by atoms with Crippen molar-refractivity contribution in [1.82, 2.24) is 15.6 Å². The number of para-hydroxylation sites is 1. The minimum Gasteiger partial charge on any atom is -0.361 e. The molecule has 4 N–H and O–H groups in total. The molecule has 0 saturated heterocycles. The summed E-state index contributed by atoms with van der Waals surface area (Å²) in [5.41, 5.74) is 3.95. The number of benzene rings is 2. The Balaban J connectivity index is 0.00000256. The topological polar surface area (TPSA) is 81.3 Å². The summed E-state index contributed by atoms with van der Waals surface area (Å²) in [5.74, 6) is 0.585. The van der Waals surface area contributed by atoms with Gasteiger partial charge in [-0.2, -0.15) is 0 Å². The smallest absolute Gasteiger partial charge is 0.225 e. The molecule has 30 heavy (non-hydrogen) atoms. The molecule has 6 nitrogen and oxygen atoms in total. The second-order valence-electron chi connectivity index (χ2n) is 7.17. The van der Waals surface area contributed by atoms with Gasteiger partial charge in [-0.15, -0.1) is 24.0 Å². The molecule has 0 aliphatic carbocycles. The number of hydrogen-bond acceptors (Lipinski definition) is 2. The van der Waals surface area contributed by atoms with Crippen molar-refractivity contribution in [3.8, 4) is 0 Å². The lowest BCUT2D eigenvalue weighted by Gasteiger charge is -2.26. The Morgan fingerprint density at radius 3 is 2.90 bits per heavy atom. The van der Waals surface area contributed by atoms with Crippen LogP contribution in [0.3, 0.4) is 0 Å². The Kier molecular flexibility index (Phi) is 7.30. The van der Waals surface area contributed by atoms with Crippen LogP contribution in [0.1, 0.15) is 23.5 Å². The monoisotopic (exact) mass is 521 g/mol. The largest absolute Gasteiger partial charge is 0.361 e. The van der Waals surface area contributed by atoms with Crippen LogP contribution in [0.15, 0.2) is 53.7 Å². The summed E-state index contributed by atoms with van der Waals surface area (Å²) in [5, 5.41) is 10.6. The van der Waals surface area contributed by atoms with Crippen molar-refractivity contribution in [2.24, 2.45) is 4.99 Å². The van der Waals surface area contributed by atoms with Crippen LogP contribution >= 0.6 is 24.0 Å². The summed E-state index contributed by atoms with van der Waals surface area (Å²) < 4.78 is 13.3. The molecule has 0 fully saturated rings. The minimum atomic E-state index is -0.244. The quantitative estimate of drug-likeness (QED) is 0.235. The highest BCUT2D eigenvalue weighted by molar-refractivity contribution is 14.0. The fourth-order valence-corrected chi connectivity index (χ4v) is 3.81. The number of guanidine groups is 1. The molecule has 1 unspecified atom stereocenters. The molecule has 0 radical (unpaired) electrons. The predicted octanol–water partition coefficient (Wildman–Crippen LogP) is 3.76. The van der Waals surface area contributed by atoms with E-state index in [-0.39, 0.29) is 41.6 Å².